The van der Waals surface area contributed by atoms with Crippen LogP contribution in [0.15, 0.2) is 60.8 Å². The fourth-order valence-corrected chi connectivity index (χ4v) is 3.76. The molecule has 0 fully saturated rings. The van der Waals surface area contributed by atoms with Gasteiger partial charge in [-0.05, 0) is 48.0 Å². The van der Waals surface area contributed by atoms with Gasteiger partial charge < -0.3 is 15.3 Å². The summed E-state index contributed by atoms with van der Waals surface area (Å²) in [4.78, 5) is 43.3. The molecule has 2 N–H and O–H groups in total. The van der Waals surface area contributed by atoms with E-state index in [0.717, 1.165) is 12.1 Å². The molecular formula is C23H17ClFN3O4. The molecule has 0 radical (unpaired) electrons. The third-order valence-electron chi connectivity index (χ3n) is 5.16. The van der Waals surface area contributed by atoms with E-state index in [9.17, 15) is 18.8 Å². The van der Waals surface area contributed by atoms with Crippen molar-refractivity contribution in [3.63, 3.8) is 0 Å². The average molecular weight is 454 g/mol. The molecule has 0 spiro atoms. The number of carboxylic acids is 1. The molecule has 3 aromatic rings. The Labute approximate surface area is 187 Å². The van der Waals surface area contributed by atoms with Crippen LogP contribution in [0.2, 0.25) is 5.02 Å². The molecule has 1 aliphatic rings. The van der Waals surface area contributed by atoms with E-state index in [1.165, 1.54) is 23.1 Å². The third kappa shape index (κ3) is 4.31. The van der Waals surface area contributed by atoms with Crippen LogP contribution in [0.3, 0.4) is 0 Å². The van der Waals surface area contributed by atoms with Gasteiger partial charge in [-0.2, -0.15) is 0 Å². The zero-order chi connectivity index (χ0) is 22.8. The molecule has 2 aromatic carbocycles. The van der Waals surface area contributed by atoms with Crippen LogP contribution in [0.1, 0.15) is 32.0 Å². The summed E-state index contributed by atoms with van der Waals surface area (Å²) in [5.74, 6) is -3.19. The molecule has 0 bridgehead atoms. The Morgan fingerprint density at radius 2 is 1.97 bits per heavy atom. The topological polar surface area (TPSA) is 99.6 Å². The van der Waals surface area contributed by atoms with Crippen molar-refractivity contribution in [3.8, 4) is 0 Å². The number of rotatable bonds is 5. The van der Waals surface area contributed by atoms with Crippen molar-refractivity contribution in [3.05, 3.63) is 94.0 Å². The van der Waals surface area contributed by atoms with E-state index in [2.05, 4.69) is 10.3 Å². The number of anilines is 1. The van der Waals surface area contributed by atoms with Gasteiger partial charge in [0.05, 0.1) is 16.8 Å². The Hall–Kier alpha value is -3.78. The van der Waals surface area contributed by atoms with Gasteiger partial charge in [0.25, 0.3) is 5.91 Å². The van der Waals surface area contributed by atoms with E-state index >= 15 is 0 Å². The number of carbonyl (C=O) groups is 3. The van der Waals surface area contributed by atoms with Crippen LogP contribution in [0.25, 0.3) is 0 Å². The van der Waals surface area contributed by atoms with Crippen LogP contribution in [0.4, 0.5) is 10.1 Å². The number of aromatic carboxylic acids is 1. The van der Waals surface area contributed by atoms with Crippen LogP contribution >= 0.6 is 11.6 Å². The first-order valence-electron chi connectivity index (χ1n) is 9.66. The van der Waals surface area contributed by atoms with Gasteiger partial charge in [-0.3, -0.25) is 14.6 Å². The van der Waals surface area contributed by atoms with Gasteiger partial charge in [0.1, 0.15) is 11.9 Å². The van der Waals surface area contributed by atoms with Crippen LogP contribution in [-0.4, -0.2) is 38.8 Å². The molecule has 4 rings (SSSR count). The Balaban J connectivity index is 1.75. The highest BCUT2D eigenvalue weighted by Gasteiger charge is 2.36. The minimum absolute atomic E-state index is 0.108. The standard InChI is InChI=1S/C23H17ClFN3O4/c24-14-5-7-17-19(10-14)27-21(29)20(11-15-3-1-2-8-26-15)28(22(17)30)12-13-4-6-16(23(31)32)18(25)9-13/h1-10,20H,11-12H2,(H,27,29)(H,31,32). The summed E-state index contributed by atoms with van der Waals surface area (Å²) in [6.07, 6.45) is 1.72. The molecule has 1 atom stereocenters. The summed E-state index contributed by atoms with van der Waals surface area (Å²) < 4.78 is 14.2. The highest BCUT2D eigenvalue weighted by atomic mass is 35.5. The number of carboxylic acid groups (broad SMARTS) is 1. The summed E-state index contributed by atoms with van der Waals surface area (Å²) in [5.41, 5.74) is 1.000. The number of pyridine rings is 1. The van der Waals surface area contributed by atoms with Crippen molar-refractivity contribution in [2.24, 2.45) is 0 Å². The first-order chi connectivity index (χ1) is 15.3. The number of nitrogens with one attached hydrogen (secondary N) is 1. The Morgan fingerprint density at radius 3 is 2.66 bits per heavy atom. The zero-order valence-electron chi connectivity index (χ0n) is 16.6. The molecule has 32 heavy (non-hydrogen) atoms. The maximum Gasteiger partial charge on any atom is 0.338 e. The molecule has 9 heteroatoms. The summed E-state index contributed by atoms with van der Waals surface area (Å²) in [6, 6.07) is 12.5. The maximum absolute atomic E-state index is 14.2. The average Bonchev–Trinajstić information content (AvgIpc) is 2.84. The van der Waals surface area contributed by atoms with Crippen LogP contribution < -0.4 is 5.32 Å². The predicted molar refractivity (Wildman–Crippen MR) is 115 cm³/mol. The molecule has 162 valence electrons. The van der Waals surface area contributed by atoms with Crippen LogP contribution in [0.5, 0.6) is 0 Å². The molecule has 2 amide bonds. The van der Waals surface area contributed by atoms with Gasteiger partial charge in [-0.1, -0.05) is 23.7 Å². The van der Waals surface area contributed by atoms with E-state index in [-0.39, 0.29) is 24.2 Å². The van der Waals surface area contributed by atoms with Crippen molar-refractivity contribution in [1.82, 2.24) is 9.88 Å². The van der Waals surface area contributed by atoms with Crippen molar-refractivity contribution in [2.45, 2.75) is 19.0 Å². The first-order valence-corrected chi connectivity index (χ1v) is 10.0. The predicted octanol–water partition coefficient (Wildman–Crippen LogP) is 3.78. The van der Waals surface area contributed by atoms with E-state index in [0.29, 0.717) is 16.3 Å². The highest BCUT2D eigenvalue weighted by Crippen LogP contribution is 2.29. The molecule has 1 unspecified atom stereocenters. The summed E-state index contributed by atoms with van der Waals surface area (Å²) in [6.45, 7) is -0.108. The Bertz CT molecular complexity index is 1220. The second-order valence-corrected chi connectivity index (χ2v) is 7.71. The normalized spacial score (nSPS) is 15.7. The maximum atomic E-state index is 14.2. The summed E-state index contributed by atoms with van der Waals surface area (Å²) in [7, 11) is 0. The number of halogens is 2. The minimum Gasteiger partial charge on any atom is -0.478 e. The molecular weight excluding hydrogens is 437 g/mol. The molecule has 7 nitrogen and oxygen atoms in total. The fourth-order valence-electron chi connectivity index (χ4n) is 3.59. The van der Waals surface area contributed by atoms with Crippen LogP contribution in [-0.2, 0) is 17.8 Å². The second kappa shape index (κ2) is 8.76. The molecule has 0 aliphatic carbocycles. The second-order valence-electron chi connectivity index (χ2n) is 7.27. The third-order valence-corrected chi connectivity index (χ3v) is 5.39. The highest BCUT2D eigenvalue weighted by molar-refractivity contribution is 6.31. The largest absolute Gasteiger partial charge is 0.478 e. The number of hydrogen-bond acceptors (Lipinski definition) is 4. The Morgan fingerprint density at radius 1 is 1.16 bits per heavy atom. The lowest BCUT2D eigenvalue weighted by Crippen LogP contribution is -2.46. The lowest BCUT2D eigenvalue weighted by Gasteiger charge is -2.28. The smallest absolute Gasteiger partial charge is 0.338 e. The fraction of sp³-hybridized carbons (Fsp3) is 0.130. The van der Waals surface area contributed by atoms with Gasteiger partial charge in [0.15, 0.2) is 0 Å². The quantitative estimate of drug-likeness (QED) is 0.612. The molecule has 1 aliphatic heterocycles. The molecule has 1 aromatic heterocycles. The number of nitrogens with zero attached hydrogens (tertiary/aromatic N) is 2. The van der Waals surface area contributed by atoms with Crippen molar-refractivity contribution in [1.29, 1.82) is 0 Å². The molecule has 0 saturated heterocycles. The summed E-state index contributed by atoms with van der Waals surface area (Å²) in [5, 5.41) is 12.2. The molecule has 0 saturated carbocycles. The number of hydrogen-bond donors (Lipinski definition) is 2. The first kappa shape index (κ1) is 21.5. The van der Waals surface area contributed by atoms with E-state index < -0.39 is 35.2 Å². The van der Waals surface area contributed by atoms with Gasteiger partial charge in [0.2, 0.25) is 5.91 Å². The van der Waals surface area contributed by atoms with Crippen LogP contribution in [0, 0.1) is 5.82 Å². The van der Waals surface area contributed by atoms with Crippen molar-refractivity contribution >= 4 is 35.1 Å². The number of aromatic nitrogens is 1. The number of benzene rings is 2. The van der Waals surface area contributed by atoms with Gasteiger partial charge >= 0.3 is 5.97 Å². The van der Waals surface area contributed by atoms with Crippen molar-refractivity contribution < 1.29 is 23.9 Å². The monoisotopic (exact) mass is 453 g/mol. The lowest BCUT2D eigenvalue weighted by atomic mass is 10.0. The molecule has 2 heterocycles. The zero-order valence-corrected chi connectivity index (χ0v) is 17.3. The number of carbonyl (C=O) groups excluding carboxylic acids is 2. The van der Waals surface area contributed by atoms with Gasteiger partial charge in [-0.25, -0.2) is 9.18 Å². The number of amides is 2. The van der Waals surface area contributed by atoms with E-state index in [1.807, 2.05) is 0 Å². The Kier molecular flexibility index (Phi) is 5.87. The van der Waals surface area contributed by atoms with Crippen molar-refractivity contribution in [2.75, 3.05) is 5.32 Å². The van der Waals surface area contributed by atoms with Gasteiger partial charge in [0, 0.05) is 29.9 Å². The van der Waals surface area contributed by atoms with Gasteiger partial charge in [-0.15, -0.1) is 0 Å². The lowest BCUT2D eigenvalue weighted by molar-refractivity contribution is -0.120. The SMILES string of the molecule is O=C(O)c1ccc(CN2C(=O)c3ccc(Cl)cc3NC(=O)C2Cc2ccccn2)cc1F. The van der Waals surface area contributed by atoms with E-state index in [1.54, 1.807) is 30.5 Å². The minimum atomic E-state index is -1.39. The summed E-state index contributed by atoms with van der Waals surface area (Å²) >= 11 is 6.04. The number of fused-ring (bicyclic) bond motifs is 1. The van der Waals surface area contributed by atoms with E-state index in [4.69, 9.17) is 16.7 Å².